The van der Waals surface area contributed by atoms with E-state index in [1.807, 2.05) is 19.9 Å². The van der Waals surface area contributed by atoms with E-state index >= 15 is 4.79 Å². The summed E-state index contributed by atoms with van der Waals surface area (Å²) in [5.74, 6) is -0.124. The Bertz CT molecular complexity index is 1590. The molecule has 402 valence electrons. The number of carbonyl (C=O) groups excluding carboxylic acids is 2. The van der Waals surface area contributed by atoms with Gasteiger partial charge in [0, 0.05) is 18.4 Å². The Hall–Kier alpha value is -1.01. The third-order valence-corrected chi connectivity index (χ3v) is 36.3. The Morgan fingerprint density at radius 3 is 1.71 bits per heavy atom. The number of hydrogen-bond donors (Lipinski definition) is 1. The molecule has 10 atom stereocenters. The highest BCUT2D eigenvalue weighted by Gasteiger charge is 2.48. The molecule has 0 unspecified atom stereocenters. The summed E-state index contributed by atoms with van der Waals surface area (Å²) >= 11 is 0. The number of ether oxygens (including phenoxy) is 2. The zero-order valence-electron chi connectivity index (χ0n) is 47.9. The summed E-state index contributed by atoms with van der Waals surface area (Å²) in [4.78, 5) is 29.6. The van der Waals surface area contributed by atoms with E-state index in [0.29, 0.717) is 37.2 Å². The lowest BCUT2D eigenvalue weighted by molar-refractivity contribution is -0.146. The quantitative estimate of drug-likeness (QED) is 0.0723. The van der Waals surface area contributed by atoms with Gasteiger partial charge >= 0.3 is 5.97 Å². The molecule has 0 radical (unpaired) electrons. The third-order valence-electron chi connectivity index (χ3n) is 17.6. The molecule has 0 aromatic rings. The number of cyclic esters (lactones) is 1. The minimum Gasteiger partial charge on any atom is -0.459 e. The first-order valence-corrected chi connectivity index (χ1v) is 38.5. The van der Waals surface area contributed by atoms with Crippen LogP contribution in [0.15, 0.2) is 35.5 Å². The van der Waals surface area contributed by atoms with Gasteiger partial charge in [0.25, 0.3) is 0 Å². The van der Waals surface area contributed by atoms with Crippen molar-refractivity contribution in [2.75, 3.05) is 0 Å². The minimum absolute atomic E-state index is 0.0271. The molecule has 2 rings (SSSR count). The maximum atomic E-state index is 16.0. The Balaban J connectivity index is 3.01. The van der Waals surface area contributed by atoms with E-state index in [4.69, 9.17) is 27.2 Å². The molecular weight excluding hydrogens is 929 g/mol. The number of rotatable bonds is 20. The zero-order valence-corrected chi connectivity index (χ0v) is 51.9. The second-order valence-corrected chi connectivity index (χ2v) is 40.9. The lowest BCUT2D eigenvalue weighted by atomic mass is 9.85. The summed E-state index contributed by atoms with van der Waals surface area (Å²) in [7, 11) is -9.20. The third kappa shape index (κ3) is 18.4. The largest absolute Gasteiger partial charge is 0.459 e. The fourth-order valence-corrected chi connectivity index (χ4v) is 23.1. The Morgan fingerprint density at radius 1 is 0.710 bits per heavy atom. The lowest BCUT2D eigenvalue weighted by Crippen LogP contribution is -2.55. The number of aliphatic hydroxyl groups excluding tert-OH is 1. The molecule has 13 heteroatoms. The normalized spacial score (nSPS) is 31.3. The van der Waals surface area contributed by atoms with Gasteiger partial charge in [-0.2, -0.15) is 0 Å². The molecule has 0 spiro atoms. The number of carbonyl (C=O) groups is 2. The number of esters is 1. The smallest absolute Gasteiger partial charge is 0.333 e. The van der Waals surface area contributed by atoms with Crippen molar-refractivity contribution >= 4 is 45.0 Å². The van der Waals surface area contributed by atoms with Crippen LogP contribution in [0, 0.1) is 11.8 Å². The number of fused-ring (bicyclic) bond motifs is 1. The van der Waals surface area contributed by atoms with E-state index in [0.717, 1.165) is 103 Å². The van der Waals surface area contributed by atoms with Crippen LogP contribution in [0.2, 0.25) is 72.5 Å². The molecule has 1 N–H and O–H groups in total. The van der Waals surface area contributed by atoms with Gasteiger partial charge in [0.1, 0.15) is 12.2 Å². The second-order valence-electron chi connectivity index (χ2n) is 22.0. The van der Waals surface area contributed by atoms with Crippen LogP contribution in [0.3, 0.4) is 0 Å². The fraction of sp³-hybridized carbons (Fsp3) is 0.857. The lowest BCUT2D eigenvalue weighted by Gasteiger charge is -2.45. The SMILES string of the molecule is C=C1/C=C(\C)[C@](C)(O[Si](CC)(CC)CC)C[C@H](O[Si](CC)(CC)CC)CC(=O)[C@H](O[Si](CC)(CC)CC)[C@@H](O[Si](CC)(CC)CC)[C@H](C)C[C@H](C)OC(=O)/C(C)=C/CCC[C@@H](O)[C@H]2O[C@H]2C[C@H](C)C1. The molecule has 69 heavy (non-hydrogen) atoms. The van der Waals surface area contributed by atoms with Gasteiger partial charge in [0.2, 0.25) is 0 Å². The Morgan fingerprint density at radius 2 is 1.20 bits per heavy atom. The first-order chi connectivity index (χ1) is 32.5. The van der Waals surface area contributed by atoms with Gasteiger partial charge in [-0.05, 0) is 156 Å². The molecule has 2 heterocycles. The van der Waals surface area contributed by atoms with Crippen molar-refractivity contribution in [1.29, 1.82) is 0 Å². The summed E-state index contributed by atoms with van der Waals surface area (Å²) in [6.45, 7) is 44.4. The van der Waals surface area contributed by atoms with Gasteiger partial charge in [-0.3, -0.25) is 4.79 Å². The van der Waals surface area contributed by atoms with Crippen molar-refractivity contribution in [3.63, 3.8) is 0 Å². The van der Waals surface area contributed by atoms with Gasteiger partial charge in [-0.25, -0.2) is 4.79 Å². The van der Waals surface area contributed by atoms with E-state index in [1.165, 1.54) is 0 Å². The van der Waals surface area contributed by atoms with Gasteiger partial charge in [0.05, 0.1) is 36.1 Å². The zero-order chi connectivity index (χ0) is 52.4. The average molecular weight is 1040 g/mol. The average Bonchev–Trinajstić information content (AvgIpc) is 4.11. The highest BCUT2D eigenvalue weighted by Crippen LogP contribution is 2.41. The number of ketones is 1. The van der Waals surface area contributed by atoms with Crippen LogP contribution in [-0.2, 0) is 36.8 Å². The van der Waals surface area contributed by atoms with Crippen LogP contribution < -0.4 is 0 Å². The maximum absolute atomic E-state index is 16.0. The van der Waals surface area contributed by atoms with Crippen LogP contribution in [0.5, 0.6) is 0 Å². The van der Waals surface area contributed by atoms with Gasteiger partial charge in [-0.1, -0.05) is 121 Å². The Kier molecular flexibility index (Phi) is 27.7. The van der Waals surface area contributed by atoms with Crippen molar-refractivity contribution in [2.45, 2.75) is 297 Å². The highest BCUT2D eigenvalue weighted by molar-refractivity contribution is 6.75. The van der Waals surface area contributed by atoms with E-state index < -0.39 is 69.4 Å². The molecule has 0 aromatic carbocycles. The summed E-state index contributed by atoms with van der Waals surface area (Å²) in [6, 6.07) is 11.4. The van der Waals surface area contributed by atoms with Gasteiger partial charge in [0.15, 0.2) is 39.1 Å². The van der Waals surface area contributed by atoms with E-state index in [-0.39, 0.29) is 36.3 Å². The van der Waals surface area contributed by atoms with Crippen molar-refractivity contribution < 1.29 is 41.9 Å². The molecule has 2 aliphatic rings. The topological polar surface area (TPSA) is 113 Å². The summed E-state index contributed by atoms with van der Waals surface area (Å²) in [5, 5.41) is 11.1. The van der Waals surface area contributed by atoms with Crippen LogP contribution in [0.1, 0.15) is 176 Å². The van der Waals surface area contributed by atoms with Crippen molar-refractivity contribution in [3.8, 4) is 0 Å². The second kappa shape index (κ2) is 29.8. The van der Waals surface area contributed by atoms with Crippen LogP contribution in [-0.4, -0.2) is 98.5 Å². The van der Waals surface area contributed by atoms with Crippen LogP contribution in [0.25, 0.3) is 0 Å². The van der Waals surface area contributed by atoms with E-state index in [9.17, 15) is 9.90 Å². The van der Waals surface area contributed by atoms with Gasteiger partial charge in [-0.15, -0.1) is 0 Å². The standard InChI is InChI=1S/C56H108O9Si4/c1-20-66(21-2,22-3)62-48-40-50(58)54(64-68(26-7,27-8)28-9)52(63-67(23-4,24-5)25-6)45(16)39-47(18)60-55(59)44(15)34-32-33-35-49(57)53-51(61-53)38-43(14)36-42(13)37-46(17)56(19,41-48)65-69(29-10,30-11)31-12/h34,37,43,45,47-49,51-54,57H,13,20-33,35-36,38-41H2,1-12,14-19H3/b44-34+,46-37+/t43-,45-,47+,48-,49-,51+,52+,53-,54+,56-/m1/s1. The molecule has 1 saturated heterocycles. The number of aliphatic hydroxyl groups is 1. The van der Waals surface area contributed by atoms with Crippen molar-refractivity contribution in [1.82, 2.24) is 0 Å². The molecule has 9 nitrogen and oxygen atoms in total. The van der Waals surface area contributed by atoms with Gasteiger partial charge < -0.3 is 32.3 Å². The van der Waals surface area contributed by atoms with E-state index in [1.54, 1.807) is 0 Å². The number of epoxide rings is 1. The number of allylic oxidation sites excluding steroid dienone is 3. The predicted octanol–water partition coefficient (Wildman–Crippen LogP) is 15.4. The van der Waals surface area contributed by atoms with Crippen LogP contribution in [0.4, 0.5) is 0 Å². The molecular formula is C56H108O9Si4. The molecule has 0 bridgehead atoms. The monoisotopic (exact) mass is 1040 g/mol. The highest BCUT2D eigenvalue weighted by atomic mass is 28.4. The van der Waals surface area contributed by atoms with Crippen molar-refractivity contribution in [3.05, 3.63) is 35.5 Å². The fourth-order valence-electron chi connectivity index (χ4n) is 11.4. The molecule has 1 fully saturated rings. The van der Waals surface area contributed by atoms with Crippen molar-refractivity contribution in [2.24, 2.45) is 11.8 Å². The Labute approximate surface area is 429 Å². The predicted molar refractivity (Wildman–Crippen MR) is 300 cm³/mol. The number of Topliss-reactive ketones (excluding diaryl/α,β-unsaturated/α-hetero) is 1. The van der Waals surface area contributed by atoms with E-state index in [2.05, 4.69) is 123 Å². The molecule has 0 saturated carbocycles. The molecule has 0 aliphatic carbocycles. The molecule has 2 aliphatic heterocycles. The maximum Gasteiger partial charge on any atom is 0.333 e. The summed E-state index contributed by atoms with van der Waals surface area (Å²) in [5.41, 5.74) is 2.02. The minimum atomic E-state index is -2.40. The first kappa shape index (κ1) is 64.1. The molecule has 0 amide bonds. The first-order valence-electron chi connectivity index (χ1n) is 28.3. The number of hydrogen-bond acceptors (Lipinski definition) is 9. The molecule has 0 aromatic heterocycles. The van der Waals surface area contributed by atoms with Crippen LogP contribution >= 0.6 is 0 Å². The summed E-state index contributed by atoms with van der Waals surface area (Å²) < 4.78 is 42.7. The summed E-state index contributed by atoms with van der Waals surface area (Å²) in [6.07, 6.45) is 6.35.